The lowest BCUT2D eigenvalue weighted by atomic mass is 9.72. The van der Waals surface area contributed by atoms with Gasteiger partial charge in [0.2, 0.25) is 0 Å². The summed E-state index contributed by atoms with van der Waals surface area (Å²) in [6.45, 7) is 51.5. The predicted molar refractivity (Wildman–Crippen MR) is 300 cm³/mol. The van der Waals surface area contributed by atoms with Crippen LogP contribution in [0.4, 0.5) is 0 Å². The molecule has 0 N–H and O–H groups in total. The highest BCUT2D eigenvalue weighted by atomic mass is 14.4. The zero-order valence-electron chi connectivity index (χ0n) is 43.9. The Labute approximate surface area is 401 Å². The van der Waals surface area contributed by atoms with Gasteiger partial charge in [0.25, 0.3) is 0 Å². The van der Waals surface area contributed by atoms with Gasteiger partial charge in [0.15, 0.2) is 0 Å². The molecule has 0 fully saturated rings. The topological polar surface area (TPSA) is 0 Å². The van der Waals surface area contributed by atoms with Crippen molar-refractivity contribution in [3.05, 3.63) is 238 Å². The van der Waals surface area contributed by atoms with Crippen LogP contribution in [0, 0.1) is 20.8 Å². The van der Waals surface area contributed by atoms with Gasteiger partial charge in [-0.2, -0.15) is 0 Å². The zero-order chi connectivity index (χ0) is 49.5. The van der Waals surface area contributed by atoms with Crippen molar-refractivity contribution in [2.45, 2.75) is 141 Å². The molecule has 0 bridgehead atoms. The van der Waals surface area contributed by atoms with Crippen LogP contribution in [0.15, 0.2) is 194 Å². The minimum atomic E-state index is 0.0138. The van der Waals surface area contributed by atoms with Crippen molar-refractivity contribution >= 4 is 12.2 Å². The van der Waals surface area contributed by atoms with Crippen LogP contribution in [-0.4, -0.2) is 0 Å². The molecule has 1 aliphatic carbocycles. The summed E-state index contributed by atoms with van der Waals surface area (Å²) in [5.41, 5.74) is 21.3. The summed E-state index contributed by atoms with van der Waals surface area (Å²) in [4.78, 5) is 0. The maximum absolute atomic E-state index is 4.22. The van der Waals surface area contributed by atoms with Gasteiger partial charge in [0, 0.05) is 5.41 Å². The SMILES string of the molecule is C=C/C(C)=C(\C=C/C)C(/C)=C(CCC)/C(=C\C)Cc1ccc2c(c1)C(CC)(CC)c1cc(C)c(C=C)c(C=C)c1-2.C=C/C=C(/C)C=C.CC.CC.Cc1ccccc1.Cc1ccccc1. The van der Waals surface area contributed by atoms with Gasteiger partial charge in [-0.25, -0.2) is 0 Å². The Morgan fingerprint density at radius 3 is 1.55 bits per heavy atom. The van der Waals surface area contributed by atoms with Crippen molar-refractivity contribution in [1.29, 1.82) is 0 Å². The second kappa shape index (κ2) is 32.9. The minimum Gasteiger partial charge on any atom is -0.0991 e. The van der Waals surface area contributed by atoms with Gasteiger partial charge < -0.3 is 0 Å². The molecular formula is C65H88. The van der Waals surface area contributed by atoms with Gasteiger partial charge in [-0.05, 0) is 153 Å². The first-order chi connectivity index (χ1) is 31.3. The number of fused-ring (bicyclic) bond motifs is 3. The fourth-order valence-corrected chi connectivity index (χ4v) is 8.24. The standard InChI is InChI=1S/C40H50.2C7H8.C7H10.2C2H6/c1-12-20-34(27(9)14-3)29(11)35(21-13-2)31(15-4)25-30-22-23-36-37(26-30)40(18-7,19-8)38-24-28(10)32(16-5)33(17-6)39(36)38;2*1-7-5-3-2-4-6-7;1-4-6-7(3)5-2;2*1-2/h12,14-17,20,22-24,26H,3,5-6,13,18-19,21,25H2,1-2,4,7-11H3;2*2-6H,1H3;4-6H,1-2H2,3H3;2*1-2H3/b20-12-,31-15-,34-27+,35-29+;;;7-6-;;. The highest BCUT2D eigenvalue weighted by molar-refractivity contribution is 5.91. The summed E-state index contributed by atoms with van der Waals surface area (Å²) in [5.74, 6) is 0. The molecule has 0 saturated carbocycles. The van der Waals surface area contributed by atoms with Crippen molar-refractivity contribution in [3.63, 3.8) is 0 Å². The monoisotopic (exact) mass is 869 g/mol. The van der Waals surface area contributed by atoms with E-state index >= 15 is 0 Å². The second-order valence-corrected chi connectivity index (χ2v) is 15.8. The highest BCUT2D eigenvalue weighted by Crippen LogP contribution is 2.55. The van der Waals surface area contributed by atoms with Crippen LogP contribution in [0.3, 0.4) is 0 Å². The molecule has 0 radical (unpaired) electrons. The van der Waals surface area contributed by atoms with E-state index in [-0.39, 0.29) is 5.41 Å². The summed E-state index contributed by atoms with van der Waals surface area (Å²) < 4.78 is 0. The molecule has 4 aromatic rings. The van der Waals surface area contributed by atoms with E-state index in [0.717, 1.165) is 37.7 Å². The molecule has 0 saturated heterocycles. The Hall–Kier alpha value is -5.72. The Kier molecular flexibility index (Phi) is 30.0. The normalized spacial score (nSPS) is 12.7. The smallest absolute Gasteiger partial charge is 0.0210 e. The van der Waals surface area contributed by atoms with Gasteiger partial charge in [-0.1, -0.05) is 244 Å². The van der Waals surface area contributed by atoms with Crippen LogP contribution in [0.25, 0.3) is 23.3 Å². The molecule has 4 aromatic carbocycles. The Bertz CT molecular complexity index is 2200. The van der Waals surface area contributed by atoms with Crippen molar-refractivity contribution in [1.82, 2.24) is 0 Å². The van der Waals surface area contributed by atoms with E-state index in [1.807, 2.05) is 95.3 Å². The number of hydrogen-bond acceptors (Lipinski definition) is 0. The lowest BCUT2D eigenvalue weighted by Gasteiger charge is -2.30. The van der Waals surface area contributed by atoms with E-state index in [9.17, 15) is 0 Å². The van der Waals surface area contributed by atoms with Gasteiger partial charge in [-0.3, -0.25) is 0 Å². The van der Waals surface area contributed by atoms with Crippen LogP contribution >= 0.6 is 0 Å². The third kappa shape index (κ3) is 17.0. The van der Waals surface area contributed by atoms with Crippen molar-refractivity contribution in [2.24, 2.45) is 0 Å². The molecule has 1 aliphatic rings. The predicted octanol–water partition coefficient (Wildman–Crippen LogP) is 20.4. The molecule has 0 aliphatic heterocycles. The zero-order valence-corrected chi connectivity index (χ0v) is 43.9. The third-order valence-corrected chi connectivity index (χ3v) is 11.7. The molecule has 5 rings (SSSR count). The quantitative estimate of drug-likeness (QED) is 0.111. The average molecular weight is 869 g/mol. The molecule has 0 atom stereocenters. The van der Waals surface area contributed by atoms with E-state index in [1.54, 1.807) is 12.2 Å². The van der Waals surface area contributed by atoms with E-state index < -0.39 is 0 Å². The van der Waals surface area contributed by atoms with Crippen molar-refractivity contribution in [2.75, 3.05) is 0 Å². The van der Waals surface area contributed by atoms with Crippen molar-refractivity contribution < 1.29 is 0 Å². The summed E-state index contributed by atoms with van der Waals surface area (Å²) in [7, 11) is 0. The van der Waals surface area contributed by atoms with Gasteiger partial charge in [-0.15, -0.1) is 0 Å². The largest absolute Gasteiger partial charge is 0.0991 e. The number of rotatable bonds is 14. The van der Waals surface area contributed by atoms with E-state index in [0.29, 0.717) is 0 Å². The minimum absolute atomic E-state index is 0.0138. The lowest BCUT2D eigenvalue weighted by Crippen LogP contribution is -2.23. The maximum Gasteiger partial charge on any atom is 0.0210 e. The van der Waals surface area contributed by atoms with Crippen molar-refractivity contribution in [3.8, 4) is 11.1 Å². The number of allylic oxidation sites excluding steroid dienone is 13. The molecule has 0 heteroatoms. The molecule has 0 unspecified atom stereocenters. The van der Waals surface area contributed by atoms with Crippen LogP contribution in [-0.2, 0) is 11.8 Å². The Morgan fingerprint density at radius 1 is 0.646 bits per heavy atom. The third-order valence-electron chi connectivity index (χ3n) is 11.7. The second-order valence-electron chi connectivity index (χ2n) is 15.8. The average Bonchev–Trinajstić information content (AvgIpc) is 3.61. The van der Waals surface area contributed by atoms with E-state index in [4.69, 9.17) is 0 Å². The van der Waals surface area contributed by atoms with Gasteiger partial charge in [0.05, 0.1) is 0 Å². The molecule has 0 aromatic heterocycles. The fourth-order valence-electron chi connectivity index (χ4n) is 8.24. The maximum atomic E-state index is 4.22. The van der Waals surface area contributed by atoms with Crippen LogP contribution < -0.4 is 0 Å². The first kappa shape index (κ1) is 59.3. The first-order valence-corrected chi connectivity index (χ1v) is 24.2. The fraction of sp³-hybridized carbons (Fsp3) is 0.323. The first-order valence-electron chi connectivity index (χ1n) is 24.2. The number of benzene rings is 4. The van der Waals surface area contributed by atoms with Crippen LogP contribution in [0.1, 0.15) is 153 Å². The summed E-state index contributed by atoms with van der Waals surface area (Å²) >= 11 is 0. The molecule has 0 heterocycles. The summed E-state index contributed by atoms with van der Waals surface area (Å²) in [5, 5.41) is 0. The Balaban J connectivity index is 0.00000132. The van der Waals surface area contributed by atoms with E-state index in [1.165, 1.54) is 83.5 Å². The molecular weight excluding hydrogens is 781 g/mol. The summed E-state index contributed by atoms with van der Waals surface area (Å²) in [6.07, 6.45) is 23.4. The Morgan fingerprint density at radius 2 is 1.18 bits per heavy atom. The van der Waals surface area contributed by atoms with Gasteiger partial charge >= 0.3 is 0 Å². The number of aryl methyl sites for hydroxylation is 3. The molecule has 348 valence electrons. The van der Waals surface area contributed by atoms with Crippen LogP contribution in [0.2, 0.25) is 0 Å². The molecule has 0 amide bonds. The summed E-state index contributed by atoms with van der Waals surface area (Å²) in [6, 6.07) is 30.2. The molecule has 0 spiro atoms. The van der Waals surface area contributed by atoms with E-state index in [2.05, 4.69) is 169 Å². The molecule has 65 heavy (non-hydrogen) atoms. The highest BCUT2D eigenvalue weighted by Gasteiger charge is 2.42. The van der Waals surface area contributed by atoms with Crippen LogP contribution in [0.5, 0.6) is 0 Å². The number of hydrogen-bond donors (Lipinski definition) is 0. The van der Waals surface area contributed by atoms with Gasteiger partial charge in [0.1, 0.15) is 0 Å². The molecule has 0 nitrogen and oxygen atoms in total. The lowest BCUT2D eigenvalue weighted by molar-refractivity contribution is 0.490.